The van der Waals surface area contributed by atoms with Crippen molar-refractivity contribution >= 4 is 12.1 Å². The molecule has 0 aromatic heterocycles. The summed E-state index contributed by atoms with van der Waals surface area (Å²) in [5.41, 5.74) is -2.34. The molecule has 2 atom stereocenters. The van der Waals surface area contributed by atoms with Gasteiger partial charge in [-0.05, 0) is 5.56 Å². The van der Waals surface area contributed by atoms with E-state index in [1.165, 1.54) is 0 Å². The van der Waals surface area contributed by atoms with Gasteiger partial charge in [-0.1, -0.05) is 30.3 Å². The fourth-order valence-electron chi connectivity index (χ4n) is 1.93. The molecule has 0 radical (unpaired) electrons. The largest absolute Gasteiger partial charge is 0.479 e. The molecule has 1 amide bonds. The van der Waals surface area contributed by atoms with Gasteiger partial charge in [0.15, 0.2) is 6.17 Å². The Hall–Kier alpha value is -2.18. The minimum Gasteiger partial charge on any atom is -0.479 e. The number of rotatable bonds is 3. The second-order valence-corrected chi connectivity index (χ2v) is 4.56. The van der Waals surface area contributed by atoms with E-state index in [-0.39, 0.29) is 6.61 Å². The maximum atomic E-state index is 13.8. The Morgan fingerprint density at radius 2 is 2.05 bits per heavy atom. The standard InChI is InChI=1S/C13H13F2NO4/c14-10-6-16(8-13(10,15)11(17)18)12(19)20-7-9-4-2-1-3-5-9/h1-5,10H,6-8H2,(H,17,18). The smallest absolute Gasteiger partial charge is 0.410 e. The first-order chi connectivity index (χ1) is 9.43. The number of benzene rings is 1. The highest BCUT2D eigenvalue weighted by molar-refractivity contribution is 5.81. The number of amides is 1. The van der Waals surface area contributed by atoms with Crippen LogP contribution in [-0.4, -0.2) is 47.0 Å². The molecule has 108 valence electrons. The van der Waals surface area contributed by atoms with Gasteiger partial charge in [-0.3, -0.25) is 0 Å². The molecule has 0 aliphatic carbocycles. The summed E-state index contributed by atoms with van der Waals surface area (Å²) < 4.78 is 32.1. The van der Waals surface area contributed by atoms with Crippen LogP contribution in [0.5, 0.6) is 0 Å². The molecule has 0 bridgehead atoms. The molecule has 1 heterocycles. The molecular formula is C13H13F2NO4. The van der Waals surface area contributed by atoms with Gasteiger partial charge in [0, 0.05) is 0 Å². The SMILES string of the molecule is O=C(OCc1ccccc1)N1CC(F)C(F)(C(=O)O)C1. The summed E-state index contributed by atoms with van der Waals surface area (Å²) >= 11 is 0. The van der Waals surface area contributed by atoms with Gasteiger partial charge in [-0.25, -0.2) is 18.4 Å². The van der Waals surface area contributed by atoms with E-state index in [2.05, 4.69) is 0 Å². The van der Waals surface area contributed by atoms with E-state index in [0.29, 0.717) is 0 Å². The Balaban J connectivity index is 1.93. The molecule has 1 N–H and O–H groups in total. The Labute approximate surface area is 113 Å². The third-order valence-electron chi connectivity index (χ3n) is 3.12. The zero-order valence-corrected chi connectivity index (χ0v) is 10.5. The molecule has 1 aromatic rings. The topological polar surface area (TPSA) is 66.8 Å². The molecule has 1 fully saturated rings. The molecule has 1 aromatic carbocycles. The normalized spacial score (nSPS) is 25.5. The average Bonchev–Trinajstić information content (AvgIpc) is 2.75. The van der Waals surface area contributed by atoms with Crippen LogP contribution in [0.2, 0.25) is 0 Å². The number of halogens is 2. The number of nitrogens with zero attached hydrogens (tertiary/aromatic N) is 1. The molecule has 1 aliphatic rings. The summed E-state index contributed by atoms with van der Waals surface area (Å²) in [6.07, 6.45) is -3.19. The number of carboxylic acid groups (broad SMARTS) is 1. The molecule has 7 heteroatoms. The van der Waals surface area contributed by atoms with Crippen LogP contribution < -0.4 is 0 Å². The van der Waals surface area contributed by atoms with Crippen molar-refractivity contribution in [1.29, 1.82) is 0 Å². The van der Waals surface area contributed by atoms with Gasteiger partial charge in [-0.15, -0.1) is 0 Å². The average molecular weight is 285 g/mol. The second-order valence-electron chi connectivity index (χ2n) is 4.56. The summed E-state index contributed by atoms with van der Waals surface area (Å²) in [6.45, 7) is -1.52. The quantitative estimate of drug-likeness (QED) is 0.919. The Kier molecular flexibility index (Phi) is 3.87. The van der Waals surface area contributed by atoms with Crippen molar-refractivity contribution in [2.75, 3.05) is 13.1 Å². The van der Waals surface area contributed by atoms with Crippen molar-refractivity contribution in [3.63, 3.8) is 0 Å². The second kappa shape index (κ2) is 5.44. The van der Waals surface area contributed by atoms with Crippen LogP contribution >= 0.6 is 0 Å². The van der Waals surface area contributed by atoms with E-state index in [9.17, 15) is 18.4 Å². The van der Waals surface area contributed by atoms with Gasteiger partial charge in [-0.2, -0.15) is 0 Å². The van der Waals surface area contributed by atoms with Crippen molar-refractivity contribution in [2.24, 2.45) is 0 Å². The van der Waals surface area contributed by atoms with E-state index >= 15 is 0 Å². The predicted molar refractivity (Wildman–Crippen MR) is 64.6 cm³/mol. The zero-order valence-electron chi connectivity index (χ0n) is 10.5. The van der Waals surface area contributed by atoms with Crippen molar-refractivity contribution < 1.29 is 28.2 Å². The maximum Gasteiger partial charge on any atom is 0.410 e. The lowest BCUT2D eigenvalue weighted by Crippen LogP contribution is -2.43. The molecule has 0 saturated carbocycles. The third-order valence-corrected chi connectivity index (χ3v) is 3.12. The molecule has 2 rings (SSSR count). The molecule has 0 spiro atoms. The number of alkyl halides is 2. The molecule has 5 nitrogen and oxygen atoms in total. The summed E-state index contributed by atoms with van der Waals surface area (Å²) in [4.78, 5) is 23.1. The predicted octanol–water partition coefficient (Wildman–Crippen LogP) is 1.77. The molecule has 1 aliphatic heterocycles. The fraction of sp³-hybridized carbons (Fsp3) is 0.385. The van der Waals surface area contributed by atoms with E-state index < -0.39 is 37.0 Å². The number of aliphatic carboxylic acids is 1. The van der Waals surface area contributed by atoms with Gasteiger partial charge < -0.3 is 14.7 Å². The van der Waals surface area contributed by atoms with Gasteiger partial charge in [0.05, 0.1) is 13.1 Å². The van der Waals surface area contributed by atoms with Crippen LogP contribution in [-0.2, 0) is 16.1 Å². The zero-order chi connectivity index (χ0) is 14.8. The number of ether oxygens (including phenoxy) is 1. The fourth-order valence-corrected chi connectivity index (χ4v) is 1.93. The molecule has 2 unspecified atom stereocenters. The number of hydrogen-bond donors (Lipinski definition) is 1. The maximum absolute atomic E-state index is 13.8. The summed E-state index contributed by atoms with van der Waals surface area (Å²) in [6, 6.07) is 8.77. The van der Waals surface area contributed by atoms with Crippen LogP contribution in [0, 0.1) is 0 Å². The highest BCUT2D eigenvalue weighted by Crippen LogP contribution is 2.29. The first kappa shape index (κ1) is 14.2. The molecule has 1 saturated heterocycles. The number of likely N-dealkylation sites (tertiary alicyclic amines) is 1. The number of carboxylic acids is 1. The van der Waals surface area contributed by atoms with Gasteiger partial charge in [0.25, 0.3) is 5.67 Å². The molecule has 20 heavy (non-hydrogen) atoms. The van der Waals surface area contributed by atoms with Crippen LogP contribution in [0.4, 0.5) is 13.6 Å². The lowest BCUT2D eigenvalue weighted by Gasteiger charge is -2.17. The van der Waals surface area contributed by atoms with E-state index in [1.807, 2.05) is 0 Å². The van der Waals surface area contributed by atoms with Crippen molar-refractivity contribution in [2.45, 2.75) is 18.4 Å². The Bertz CT molecular complexity index is 510. The van der Waals surface area contributed by atoms with Crippen LogP contribution in [0.3, 0.4) is 0 Å². The van der Waals surface area contributed by atoms with Crippen LogP contribution in [0.15, 0.2) is 30.3 Å². The van der Waals surface area contributed by atoms with Crippen LogP contribution in [0.1, 0.15) is 5.56 Å². The van der Waals surface area contributed by atoms with E-state index in [0.717, 1.165) is 10.5 Å². The van der Waals surface area contributed by atoms with Gasteiger partial charge in [0.1, 0.15) is 6.61 Å². The van der Waals surface area contributed by atoms with Gasteiger partial charge >= 0.3 is 12.1 Å². The lowest BCUT2D eigenvalue weighted by atomic mass is 10.1. The van der Waals surface area contributed by atoms with Gasteiger partial charge in [0.2, 0.25) is 0 Å². The van der Waals surface area contributed by atoms with Crippen LogP contribution in [0.25, 0.3) is 0 Å². The molecular weight excluding hydrogens is 272 g/mol. The van der Waals surface area contributed by atoms with Crippen molar-refractivity contribution in [3.05, 3.63) is 35.9 Å². The lowest BCUT2D eigenvalue weighted by molar-refractivity contribution is -0.153. The minimum atomic E-state index is -3.06. The van der Waals surface area contributed by atoms with E-state index in [4.69, 9.17) is 9.84 Å². The highest BCUT2D eigenvalue weighted by atomic mass is 19.2. The summed E-state index contributed by atoms with van der Waals surface area (Å²) in [5, 5.41) is 8.66. The Morgan fingerprint density at radius 3 is 2.60 bits per heavy atom. The summed E-state index contributed by atoms with van der Waals surface area (Å²) in [5.74, 6) is -1.91. The highest BCUT2D eigenvalue weighted by Gasteiger charge is 2.56. The Morgan fingerprint density at radius 1 is 1.40 bits per heavy atom. The number of carbonyl (C=O) groups excluding carboxylic acids is 1. The number of hydrogen-bond acceptors (Lipinski definition) is 3. The van der Waals surface area contributed by atoms with Crippen molar-refractivity contribution in [1.82, 2.24) is 4.90 Å². The first-order valence-corrected chi connectivity index (χ1v) is 5.95. The number of carbonyl (C=O) groups is 2. The van der Waals surface area contributed by atoms with E-state index in [1.54, 1.807) is 30.3 Å². The first-order valence-electron chi connectivity index (χ1n) is 5.95. The third kappa shape index (κ3) is 2.71. The summed E-state index contributed by atoms with van der Waals surface area (Å²) in [7, 11) is 0. The minimum absolute atomic E-state index is 0.0422. The van der Waals surface area contributed by atoms with Crippen molar-refractivity contribution in [3.8, 4) is 0 Å². The monoisotopic (exact) mass is 285 g/mol.